The molecule has 0 amide bonds. The Morgan fingerprint density at radius 3 is 2.50 bits per heavy atom. The number of sulfonamides is 1. The maximum atomic E-state index is 11.3. The van der Waals surface area contributed by atoms with Crippen LogP contribution in [0.25, 0.3) is 0 Å². The van der Waals surface area contributed by atoms with Crippen molar-refractivity contribution in [1.29, 1.82) is 0 Å². The highest BCUT2D eigenvalue weighted by molar-refractivity contribution is 7.89. The lowest BCUT2D eigenvalue weighted by Crippen LogP contribution is -2.13. The predicted molar refractivity (Wildman–Crippen MR) is 78.0 cm³/mol. The van der Waals surface area contributed by atoms with Crippen LogP contribution >= 0.6 is 0 Å². The number of primary sulfonamides is 1. The number of hydrogen-bond acceptors (Lipinski definition) is 4. The minimum Gasteiger partial charge on any atom is -0.508 e. The Bertz CT molecular complexity index is 714. The summed E-state index contributed by atoms with van der Waals surface area (Å²) in [6, 6.07) is 13.1. The maximum absolute atomic E-state index is 11.3. The van der Waals surface area contributed by atoms with Crippen LogP contribution in [0.1, 0.15) is 18.5 Å². The molecule has 106 valence electrons. The number of rotatable bonds is 4. The standard InChI is InChI=1S/C14H16N2O3S/c1-10(16-12-5-3-6-13(17)9-12)11-4-2-7-14(8-11)20(15,18)19/h2-10,16-17H,1H3,(H2,15,18,19). The van der Waals surface area contributed by atoms with Gasteiger partial charge >= 0.3 is 0 Å². The lowest BCUT2D eigenvalue weighted by molar-refractivity contribution is 0.475. The highest BCUT2D eigenvalue weighted by Crippen LogP contribution is 2.23. The van der Waals surface area contributed by atoms with E-state index in [-0.39, 0.29) is 16.7 Å². The quantitative estimate of drug-likeness (QED) is 0.805. The Hall–Kier alpha value is -2.05. The van der Waals surface area contributed by atoms with Gasteiger partial charge in [0.15, 0.2) is 0 Å². The van der Waals surface area contributed by atoms with Crippen molar-refractivity contribution in [3.63, 3.8) is 0 Å². The smallest absolute Gasteiger partial charge is 0.238 e. The van der Waals surface area contributed by atoms with Gasteiger partial charge in [-0.15, -0.1) is 0 Å². The molecular formula is C14H16N2O3S. The van der Waals surface area contributed by atoms with Gasteiger partial charge in [0.1, 0.15) is 5.75 Å². The van der Waals surface area contributed by atoms with Crippen LogP contribution in [-0.4, -0.2) is 13.5 Å². The second-order valence-electron chi connectivity index (χ2n) is 4.53. The first-order valence-corrected chi connectivity index (χ1v) is 7.59. The third-order valence-electron chi connectivity index (χ3n) is 2.92. The molecule has 1 unspecified atom stereocenters. The van der Waals surface area contributed by atoms with Crippen molar-refractivity contribution in [2.75, 3.05) is 5.32 Å². The lowest BCUT2D eigenvalue weighted by atomic mass is 10.1. The van der Waals surface area contributed by atoms with Gasteiger partial charge in [-0.25, -0.2) is 13.6 Å². The molecule has 0 aliphatic heterocycles. The Kier molecular flexibility index (Phi) is 3.96. The molecule has 4 N–H and O–H groups in total. The summed E-state index contributed by atoms with van der Waals surface area (Å²) in [6.45, 7) is 1.90. The lowest BCUT2D eigenvalue weighted by Gasteiger charge is -2.16. The summed E-state index contributed by atoms with van der Waals surface area (Å²) in [4.78, 5) is 0.0829. The highest BCUT2D eigenvalue weighted by atomic mass is 32.2. The number of aromatic hydroxyl groups is 1. The van der Waals surface area contributed by atoms with Crippen molar-refractivity contribution < 1.29 is 13.5 Å². The molecule has 0 aliphatic rings. The van der Waals surface area contributed by atoms with Crippen molar-refractivity contribution in [3.8, 4) is 5.75 Å². The summed E-state index contributed by atoms with van der Waals surface area (Å²) < 4.78 is 22.7. The molecule has 20 heavy (non-hydrogen) atoms. The number of nitrogens with two attached hydrogens (primary N) is 1. The van der Waals surface area contributed by atoms with Crippen molar-refractivity contribution >= 4 is 15.7 Å². The molecular weight excluding hydrogens is 276 g/mol. The minimum absolute atomic E-state index is 0.0829. The molecule has 0 radical (unpaired) electrons. The second kappa shape index (κ2) is 5.52. The summed E-state index contributed by atoms with van der Waals surface area (Å²) in [5.74, 6) is 0.167. The molecule has 1 atom stereocenters. The second-order valence-corrected chi connectivity index (χ2v) is 6.10. The SMILES string of the molecule is CC(Nc1cccc(O)c1)c1cccc(S(N)(=O)=O)c1. The molecule has 2 aromatic rings. The number of phenols is 1. The summed E-state index contributed by atoms with van der Waals surface area (Å²) in [7, 11) is -3.71. The van der Waals surface area contributed by atoms with Gasteiger partial charge in [-0.1, -0.05) is 18.2 Å². The summed E-state index contributed by atoms with van der Waals surface area (Å²) >= 11 is 0. The van der Waals surface area contributed by atoms with E-state index in [0.717, 1.165) is 11.3 Å². The summed E-state index contributed by atoms with van der Waals surface area (Å²) in [5.41, 5.74) is 1.54. The highest BCUT2D eigenvalue weighted by Gasteiger charge is 2.11. The van der Waals surface area contributed by atoms with E-state index in [2.05, 4.69) is 5.32 Å². The van der Waals surface area contributed by atoms with Crippen LogP contribution in [0.2, 0.25) is 0 Å². The van der Waals surface area contributed by atoms with E-state index in [1.807, 2.05) is 19.1 Å². The number of nitrogens with one attached hydrogen (secondary N) is 1. The van der Waals surface area contributed by atoms with Crippen LogP contribution in [0.5, 0.6) is 5.75 Å². The van der Waals surface area contributed by atoms with Crippen LogP contribution in [0, 0.1) is 0 Å². The van der Waals surface area contributed by atoms with Crippen molar-refractivity contribution in [2.24, 2.45) is 5.14 Å². The Balaban J connectivity index is 2.23. The van der Waals surface area contributed by atoms with Gasteiger partial charge in [0.2, 0.25) is 10.0 Å². The van der Waals surface area contributed by atoms with E-state index >= 15 is 0 Å². The van der Waals surface area contributed by atoms with Gasteiger partial charge in [0.05, 0.1) is 4.90 Å². The van der Waals surface area contributed by atoms with Gasteiger partial charge in [0.25, 0.3) is 0 Å². The molecule has 0 spiro atoms. The topological polar surface area (TPSA) is 92.4 Å². The van der Waals surface area contributed by atoms with E-state index in [1.54, 1.807) is 24.3 Å². The van der Waals surface area contributed by atoms with Gasteiger partial charge in [-0.3, -0.25) is 0 Å². The summed E-state index contributed by atoms with van der Waals surface area (Å²) in [6.07, 6.45) is 0. The van der Waals surface area contributed by atoms with E-state index in [1.165, 1.54) is 12.1 Å². The van der Waals surface area contributed by atoms with E-state index in [9.17, 15) is 13.5 Å². The first-order chi connectivity index (χ1) is 9.36. The zero-order valence-electron chi connectivity index (χ0n) is 10.9. The van der Waals surface area contributed by atoms with Crippen LogP contribution in [0.15, 0.2) is 53.4 Å². The zero-order chi connectivity index (χ0) is 14.8. The molecule has 0 heterocycles. The zero-order valence-corrected chi connectivity index (χ0v) is 11.8. The minimum atomic E-state index is -3.71. The molecule has 0 fully saturated rings. The largest absolute Gasteiger partial charge is 0.508 e. The average molecular weight is 292 g/mol. The van der Waals surface area contributed by atoms with Gasteiger partial charge < -0.3 is 10.4 Å². The number of phenolic OH excluding ortho intramolecular Hbond substituents is 1. The molecule has 5 nitrogen and oxygen atoms in total. The Labute approximate surface area is 118 Å². The van der Waals surface area contributed by atoms with Crippen LogP contribution < -0.4 is 10.5 Å². The normalized spacial score (nSPS) is 12.9. The average Bonchev–Trinajstić information content (AvgIpc) is 2.38. The predicted octanol–water partition coefficient (Wildman–Crippen LogP) is 2.21. The van der Waals surface area contributed by atoms with E-state index in [4.69, 9.17) is 5.14 Å². The fraction of sp³-hybridized carbons (Fsp3) is 0.143. The van der Waals surface area contributed by atoms with Crippen molar-refractivity contribution in [2.45, 2.75) is 17.9 Å². The first kappa shape index (κ1) is 14.4. The molecule has 0 aliphatic carbocycles. The van der Waals surface area contributed by atoms with Gasteiger partial charge in [-0.2, -0.15) is 0 Å². The van der Waals surface area contributed by atoms with Crippen molar-refractivity contribution in [3.05, 3.63) is 54.1 Å². The van der Waals surface area contributed by atoms with Gasteiger partial charge in [-0.05, 0) is 36.8 Å². The number of benzene rings is 2. The van der Waals surface area contributed by atoms with Crippen LogP contribution in [-0.2, 0) is 10.0 Å². The Morgan fingerprint density at radius 2 is 1.85 bits per heavy atom. The van der Waals surface area contributed by atoms with Crippen LogP contribution in [0.3, 0.4) is 0 Å². The van der Waals surface area contributed by atoms with Crippen molar-refractivity contribution in [1.82, 2.24) is 0 Å². The fourth-order valence-electron chi connectivity index (χ4n) is 1.89. The molecule has 0 bridgehead atoms. The summed E-state index contributed by atoms with van der Waals surface area (Å²) in [5, 5.41) is 17.7. The van der Waals surface area contributed by atoms with E-state index < -0.39 is 10.0 Å². The molecule has 0 saturated heterocycles. The number of hydrogen-bond donors (Lipinski definition) is 3. The first-order valence-electron chi connectivity index (χ1n) is 6.04. The third kappa shape index (κ3) is 3.49. The molecule has 2 aromatic carbocycles. The maximum Gasteiger partial charge on any atom is 0.238 e. The monoisotopic (exact) mass is 292 g/mol. The molecule has 0 aromatic heterocycles. The van der Waals surface area contributed by atoms with Gasteiger partial charge in [0, 0.05) is 17.8 Å². The molecule has 0 saturated carbocycles. The molecule has 6 heteroatoms. The third-order valence-corrected chi connectivity index (χ3v) is 3.83. The Morgan fingerprint density at radius 1 is 1.15 bits per heavy atom. The fourth-order valence-corrected chi connectivity index (χ4v) is 2.46. The van der Waals surface area contributed by atoms with E-state index in [0.29, 0.717) is 0 Å². The molecule has 2 rings (SSSR count). The van der Waals surface area contributed by atoms with Crippen LogP contribution in [0.4, 0.5) is 5.69 Å². The number of anilines is 1.